The van der Waals surface area contributed by atoms with Gasteiger partial charge in [-0.05, 0) is 48.5 Å². The average Bonchev–Trinajstić information content (AvgIpc) is 3.28. The second-order valence-corrected chi connectivity index (χ2v) is 16.1. The van der Waals surface area contributed by atoms with E-state index >= 15 is 0 Å². The van der Waals surface area contributed by atoms with Gasteiger partial charge in [-0.2, -0.15) is 127 Å². The third-order valence-electron chi connectivity index (χ3n) is 11.1. The molecule has 0 fully saturated rings. The van der Waals surface area contributed by atoms with Crippen LogP contribution in [0.5, 0.6) is 5.75 Å². The van der Waals surface area contributed by atoms with Gasteiger partial charge >= 0.3 is 49.4 Å². The highest BCUT2D eigenvalue weighted by atomic mass is 19.4. The lowest BCUT2D eigenvalue weighted by atomic mass is 9.12. The van der Waals surface area contributed by atoms with Gasteiger partial charge in [-0.25, -0.2) is 9.23 Å². The summed E-state index contributed by atoms with van der Waals surface area (Å²) in [6.07, 6.45) is -53.0. The molecule has 1 aromatic heterocycles. The molecule has 0 aliphatic carbocycles. The van der Waals surface area contributed by atoms with Gasteiger partial charge in [0.2, 0.25) is 11.9 Å². The van der Waals surface area contributed by atoms with Crippen LogP contribution in [-0.2, 0) is 49.4 Å². The van der Waals surface area contributed by atoms with E-state index in [1.807, 2.05) is 36.4 Å². The minimum Gasteiger partial charge on any atom is -0.228 e. The minimum absolute atomic E-state index is 0.207. The van der Waals surface area contributed by atoms with Gasteiger partial charge in [0.25, 0.3) is 5.52 Å². The Balaban J connectivity index is 0.000000421. The third kappa shape index (κ3) is 12.7. The topological polar surface area (TPSA) is 13.1 Å². The Morgan fingerprint density at radius 3 is 0.840 bits per heavy atom. The van der Waals surface area contributed by atoms with E-state index in [0.29, 0.717) is 0 Å². The smallest absolute Gasteiger partial charge is 0.228 e. The van der Waals surface area contributed by atoms with Crippen LogP contribution in [0.25, 0.3) is 10.9 Å². The maximum Gasteiger partial charge on any atom is 0.416 e. The molecule has 0 N–H and O–H groups in total. The molecule has 7 rings (SSSR count). The molecule has 28 heteroatoms. The molecule has 0 atom stereocenters. The number of pyridine rings is 1. The van der Waals surface area contributed by atoms with Crippen molar-refractivity contribution in [2.45, 2.75) is 49.4 Å². The number of rotatable bonds is 6. The molecule has 1 heterocycles. The quantitative estimate of drug-likeness (QED) is 0.0919. The Bertz CT molecular complexity index is 2770. The zero-order valence-electron chi connectivity index (χ0n) is 36.2. The maximum absolute atomic E-state index is 14.2. The molecular formula is C47H23BF25NO. The van der Waals surface area contributed by atoms with Gasteiger partial charge < -0.3 is 0 Å². The van der Waals surface area contributed by atoms with Gasteiger partial charge in [0.05, 0.1) is 49.9 Å². The molecule has 6 aromatic carbocycles. The Morgan fingerprint density at radius 2 is 0.560 bits per heavy atom. The zero-order valence-corrected chi connectivity index (χ0v) is 36.2. The second-order valence-electron chi connectivity index (χ2n) is 16.1. The van der Waals surface area contributed by atoms with Crippen LogP contribution in [0.4, 0.5) is 110 Å². The molecule has 0 radical (unpaired) electrons. The second kappa shape index (κ2) is 19.5. The van der Waals surface area contributed by atoms with Crippen LogP contribution in [0.2, 0.25) is 0 Å². The lowest BCUT2D eigenvalue weighted by molar-refractivity contribution is -0.854. The summed E-state index contributed by atoms with van der Waals surface area (Å²) in [6.45, 7) is 0. The Hall–Kier alpha value is -7.16. The van der Waals surface area contributed by atoms with E-state index in [-0.39, 0.29) is 11.6 Å². The molecule has 0 saturated heterocycles. The van der Waals surface area contributed by atoms with Crippen LogP contribution in [0, 0.1) is 5.82 Å². The van der Waals surface area contributed by atoms with Crippen molar-refractivity contribution >= 4 is 38.9 Å². The predicted molar refractivity (Wildman–Crippen MR) is 217 cm³/mol. The SMILES string of the molecule is FC(F)(F)c1cc([B-](c2cc(C(F)(F)F)cc(C(F)(F)F)c2)(c2cc(C(F)(F)F)cc(C(F)(F)F)c2)c2cc(C(F)(F)F)cc(C(F)(F)F)c2)cc(C(F)(F)F)c1.Fc1ccccc1O[n+]1cccc2ccccc21. The number of fused-ring (bicyclic) bond motifs is 1. The van der Waals surface area contributed by atoms with E-state index in [0.717, 1.165) is 10.9 Å². The summed E-state index contributed by atoms with van der Waals surface area (Å²) in [6, 6.07) is 9.17. The van der Waals surface area contributed by atoms with Crippen LogP contribution in [-0.4, -0.2) is 6.15 Å². The Labute approximate surface area is 403 Å². The molecule has 0 spiro atoms. The first-order chi connectivity index (χ1) is 34.1. The van der Waals surface area contributed by atoms with Crippen molar-refractivity contribution < 1.29 is 119 Å². The lowest BCUT2D eigenvalue weighted by Crippen LogP contribution is -2.75. The molecule has 0 aliphatic heterocycles. The first kappa shape index (κ1) is 57.1. The fourth-order valence-electron chi connectivity index (χ4n) is 7.91. The van der Waals surface area contributed by atoms with E-state index in [1.165, 1.54) is 6.07 Å². The molecule has 400 valence electrons. The average molecular weight is 1100 g/mol. The van der Waals surface area contributed by atoms with Crippen LogP contribution in [0.3, 0.4) is 0 Å². The molecule has 75 heavy (non-hydrogen) atoms. The number of alkyl halides is 24. The van der Waals surface area contributed by atoms with Crippen LogP contribution >= 0.6 is 0 Å². The summed E-state index contributed by atoms with van der Waals surface area (Å²) >= 11 is 0. The lowest BCUT2D eigenvalue weighted by Gasteiger charge is -2.46. The van der Waals surface area contributed by atoms with E-state index in [9.17, 15) is 110 Å². The third-order valence-corrected chi connectivity index (χ3v) is 11.1. The summed E-state index contributed by atoms with van der Waals surface area (Å²) in [5, 5.41) is 1.04. The van der Waals surface area contributed by atoms with Crippen molar-refractivity contribution in [1.82, 2.24) is 0 Å². The molecular weight excluding hydrogens is 1080 g/mol. The molecule has 7 aromatic rings. The number of aromatic nitrogens is 1. The normalized spacial score (nSPS) is 13.4. The molecule has 0 amide bonds. The van der Waals surface area contributed by atoms with Gasteiger partial charge in [0.1, 0.15) is 6.15 Å². The number of para-hydroxylation sites is 2. The summed E-state index contributed by atoms with van der Waals surface area (Å²) < 4.78 is 356. The zero-order chi connectivity index (χ0) is 56.3. The minimum atomic E-state index is -6.13. The monoisotopic (exact) mass is 1100 g/mol. The Morgan fingerprint density at radius 1 is 0.307 bits per heavy atom. The van der Waals surface area contributed by atoms with Gasteiger partial charge in [-0.1, -0.05) is 72.8 Å². The standard InChI is InChI=1S/C32H12BF24.C15H11FNO/c34-25(35,36)13-1-14(26(37,38)39)6-21(5-13)33(22-7-15(27(40,41)42)2-16(8-22)28(43,44)45,23-9-17(29(46,47)48)3-18(10-23)30(49,50)51)24-11-19(31(52,53)54)4-20(12-24)32(55,56)57;16-13-8-2-4-10-15(13)18-17-11-5-7-12-6-1-3-9-14(12)17/h1-12H;1-11H/q-1;+1. The van der Waals surface area contributed by atoms with E-state index < -0.39 is 195 Å². The largest absolute Gasteiger partial charge is 0.416 e. The van der Waals surface area contributed by atoms with Crippen molar-refractivity contribution in [2.24, 2.45) is 0 Å². The van der Waals surface area contributed by atoms with Gasteiger partial charge in [0, 0.05) is 16.9 Å². The van der Waals surface area contributed by atoms with Crippen molar-refractivity contribution in [2.75, 3.05) is 0 Å². The highest BCUT2D eigenvalue weighted by Crippen LogP contribution is 2.41. The summed E-state index contributed by atoms with van der Waals surface area (Å²) in [7, 11) is 0. The first-order valence-corrected chi connectivity index (χ1v) is 20.3. The molecule has 0 aliphatic rings. The van der Waals surface area contributed by atoms with Gasteiger partial charge in [-0.3, -0.25) is 0 Å². The first-order valence-electron chi connectivity index (χ1n) is 20.3. The van der Waals surface area contributed by atoms with Gasteiger partial charge in [-0.15, -0.1) is 0 Å². The number of benzene rings is 6. The molecule has 0 bridgehead atoms. The van der Waals surface area contributed by atoms with Crippen molar-refractivity contribution in [3.05, 3.63) is 190 Å². The predicted octanol–water partition coefficient (Wildman–Crippen LogP) is 14.3. The molecule has 0 unspecified atom stereocenters. The van der Waals surface area contributed by atoms with Gasteiger partial charge in [0.15, 0.2) is 5.82 Å². The van der Waals surface area contributed by atoms with E-state index in [1.54, 1.807) is 29.1 Å². The van der Waals surface area contributed by atoms with Crippen molar-refractivity contribution in [3.8, 4) is 5.75 Å². The summed E-state index contributed by atoms with van der Waals surface area (Å²) in [5.41, 5.74) is -29.3. The van der Waals surface area contributed by atoms with Crippen molar-refractivity contribution in [1.29, 1.82) is 0 Å². The van der Waals surface area contributed by atoms with Crippen LogP contribution in [0.15, 0.2) is 140 Å². The van der Waals surface area contributed by atoms with Crippen LogP contribution in [0.1, 0.15) is 44.5 Å². The highest BCUT2D eigenvalue weighted by Gasteiger charge is 2.47. The highest BCUT2D eigenvalue weighted by molar-refractivity contribution is 7.20. The summed E-state index contributed by atoms with van der Waals surface area (Å²) in [5.74, 6) is -0.170. The summed E-state index contributed by atoms with van der Waals surface area (Å²) in [4.78, 5) is 5.56. The molecule has 0 saturated carbocycles. The van der Waals surface area contributed by atoms with E-state index in [4.69, 9.17) is 4.84 Å². The number of hydrogen-bond acceptors (Lipinski definition) is 1. The fourth-order valence-corrected chi connectivity index (χ4v) is 7.91. The number of hydrogen-bond donors (Lipinski definition) is 0. The van der Waals surface area contributed by atoms with Crippen LogP contribution < -0.4 is 31.4 Å². The Kier molecular flexibility index (Phi) is 14.9. The number of nitrogens with zero attached hydrogens (tertiary/aromatic N) is 1. The van der Waals surface area contributed by atoms with E-state index in [2.05, 4.69) is 0 Å². The number of halogens is 25. The maximum atomic E-state index is 14.2. The molecule has 2 nitrogen and oxygen atoms in total. The van der Waals surface area contributed by atoms with Crippen molar-refractivity contribution in [3.63, 3.8) is 0 Å². The fraction of sp³-hybridized carbons (Fsp3) is 0.170.